The van der Waals surface area contributed by atoms with Crippen molar-refractivity contribution in [3.63, 3.8) is 0 Å². The molecule has 0 saturated carbocycles. The van der Waals surface area contributed by atoms with E-state index in [1.807, 2.05) is 0 Å². The van der Waals surface area contributed by atoms with Gasteiger partial charge >= 0.3 is 5.97 Å². The number of hydrogen-bond donors (Lipinski definition) is 1. The third-order valence-corrected chi connectivity index (χ3v) is 2.58. The SMILES string of the molecule is Cc1c(CBr)ncc(C(=O)O)c1C(F)F. The van der Waals surface area contributed by atoms with Gasteiger partial charge in [-0.3, -0.25) is 4.98 Å². The molecule has 82 valence electrons. The van der Waals surface area contributed by atoms with Gasteiger partial charge in [-0.2, -0.15) is 0 Å². The Morgan fingerprint density at radius 1 is 1.67 bits per heavy atom. The van der Waals surface area contributed by atoms with Crippen LogP contribution in [-0.4, -0.2) is 16.1 Å². The Hall–Kier alpha value is -1.04. The summed E-state index contributed by atoms with van der Waals surface area (Å²) < 4.78 is 25.3. The molecule has 0 unspecified atom stereocenters. The number of aromatic nitrogens is 1. The maximum Gasteiger partial charge on any atom is 0.337 e. The van der Waals surface area contributed by atoms with Crippen molar-refractivity contribution in [3.05, 3.63) is 28.6 Å². The number of rotatable bonds is 3. The molecular formula is C9H8BrF2NO2. The van der Waals surface area contributed by atoms with E-state index in [4.69, 9.17) is 5.11 Å². The third kappa shape index (κ3) is 2.31. The molecule has 0 aromatic carbocycles. The quantitative estimate of drug-likeness (QED) is 0.866. The number of aromatic carboxylic acids is 1. The molecule has 0 spiro atoms. The highest BCUT2D eigenvalue weighted by Gasteiger charge is 2.22. The molecule has 0 bridgehead atoms. The second-order valence-electron chi connectivity index (χ2n) is 2.90. The Morgan fingerprint density at radius 3 is 2.67 bits per heavy atom. The average Bonchev–Trinajstić information content (AvgIpc) is 2.16. The first-order valence-corrected chi connectivity index (χ1v) is 5.17. The predicted molar refractivity (Wildman–Crippen MR) is 53.5 cm³/mol. The lowest BCUT2D eigenvalue weighted by molar-refractivity contribution is 0.0683. The monoisotopic (exact) mass is 279 g/mol. The van der Waals surface area contributed by atoms with Crippen LogP contribution in [0.15, 0.2) is 6.20 Å². The van der Waals surface area contributed by atoms with Gasteiger partial charge in [0.05, 0.1) is 11.3 Å². The Kier molecular flexibility index (Phi) is 3.73. The average molecular weight is 280 g/mol. The van der Waals surface area contributed by atoms with E-state index in [1.54, 1.807) is 0 Å². The van der Waals surface area contributed by atoms with Crippen molar-refractivity contribution < 1.29 is 18.7 Å². The van der Waals surface area contributed by atoms with Gasteiger partial charge in [0.1, 0.15) is 0 Å². The summed E-state index contributed by atoms with van der Waals surface area (Å²) in [6.07, 6.45) is -1.84. The fourth-order valence-corrected chi connectivity index (χ4v) is 1.82. The van der Waals surface area contributed by atoms with Crippen molar-refractivity contribution in [2.75, 3.05) is 0 Å². The number of carboxylic acids is 1. The molecule has 0 aliphatic rings. The molecule has 0 amide bonds. The van der Waals surface area contributed by atoms with Crippen molar-refractivity contribution in [2.45, 2.75) is 18.7 Å². The van der Waals surface area contributed by atoms with Gasteiger partial charge in [0.25, 0.3) is 6.43 Å². The lowest BCUT2D eigenvalue weighted by Crippen LogP contribution is -2.08. The molecule has 0 saturated heterocycles. The number of halogens is 3. The molecule has 0 aliphatic heterocycles. The summed E-state index contributed by atoms with van der Waals surface area (Å²) in [4.78, 5) is 14.5. The summed E-state index contributed by atoms with van der Waals surface area (Å²) in [5.74, 6) is -1.39. The molecule has 0 fully saturated rings. The van der Waals surface area contributed by atoms with Crippen molar-refractivity contribution in [1.29, 1.82) is 0 Å². The molecule has 0 atom stereocenters. The van der Waals surface area contributed by atoms with Crippen molar-refractivity contribution in [3.8, 4) is 0 Å². The normalized spacial score (nSPS) is 10.7. The lowest BCUT2D eigenvalue weighted by atomic mass is 10.0. The van der Waals surface area contributed by atoms with Gasteiger partial charge in [0.2, 0.25) is 0 Å². The van der Waals surface area contributed by atoms with E-state index >= 15 is 0 Å². The highest BCUT2D eigenvalue weighted by Crippen LogP contribution is 2.28. The maximum atomic E-state index is 12.7. The molecule has 0 radical (unpaired) electrons. The van der Waals surface area contributed by atoms with E-state index in [-0.39, 0.29) is 5.56 Å². The number of carboxylic acid groups (broad SMARTS) is 1. The van der Waals surface area contributed by atoms with Crippen molar-refractivity contribution >= 4 is 21.9 Å². The second kappa shape index (κ2) is 4.65. The summed E-state index contributed by atoms with van der Waals surface area (Å²) in [7, 11) is 0. The second-order valence-corrected chi connectivity index (χ2v) is 3.46. The lowest BCUT2D eigenvalue weighted by Gasteiger charge is -2.11. The summed E-state index contributed by atoms with van der Waals surface area (Å²) in [6, 6.07) is 0. The smallest absolute Gasteiger partial charge is 0.337 e. The standard InChI is InChI=1S/C9H8BrF2NO2/c1-4-6(2-10)13-3-5(9(14)15)7(4)8(11)12/h3,8H,2H2,1H3,(H,14,15). The van der Waals surface area contributed by atoms with Crippen LogP contribution in [0.25, 0.3) is 0 Å². The Bertz CT molecular complexity index is 396. The highest BCUT2D eigenvalue weighted by atomic mass is 79.9. The van der Waals surface area contributed by atoms with Crippen molar-refractivity contribution in [2.24, 2.45) is 0 Å². The predicted octanol–water partition coefficient (Wildman–Crippen LogP) is 2.92. The first-order chi connectivity index (χ1) is 6.99. The summed E-state index contributed by atoms with van der Waals surface area (Å²) in [5, 5.41) is 9.04. The van der Waals surface area contributed by atoms with Gasteiger partial charge in [-0.15, -0.1) is 0 Å². The first-order valence-electron chi connectivity index (χ1n) is 4.04. The molecule has 1 aromatic heterocycles. The number of nitrogens with zero attached hydrogens (tertiary/aromatic N) is 1. The fourth-order valence-electron chi connectivity index (χ4n) is 1.25. The zero-order valence-corrected chi connectivity index (χ0v) is 9.38. The Labute approximate surface area is 93.3 Å². The summed E-state index contributed by atoms with van der Waals surface area (Å²) in [6.45, 7) is 1.44. The number of alkyl halides is 3. The van der Waals surface area contributed by atoms with Crippen LogP contribution in [0.2, 0.25) is 0 Å². The van der Waals surface area contributed by atoms with Gasteiger partial charge in [-0.25, -0.2) is 13.6 Å². The molecule has 1 rings (SSSR count). The summed E-state index contributed by atoms with van der Waals surface area (Å²) >= 11 is 3.10. The van der Waals surface area contributed by atoms with Gasteiger partial charge in [0.15, 0.2) is 0 Å². The van der Waals surface area contributed by atoms with E-state index in [0.717, 1.165) is 6.20 Å². The molecule has 1 aromatic rings. The minimum Gasteiger partial charge on any atom is -0.478 e. The van der Waals surface area contributed by atoms with Crippen molar-refractivity contribution in [1.82, 2.24) is 4.98 Å². The fraction of sp³-hybridized carbons (Fsp3) is 0.333. The van der Waals surface area contributed by atoms with Crippen LogP contribution in [-0.2, 0) is 5.33 Å². The summed E-state index contributed by atoms with van der Waals surface area (Å²) in [5.41, 5.74) is -0.240. The van der Waals surface area contributed by atoms with Gasteiger partial charge in [-0.05, 0) is 12.5 Å². The van der Waals surface area contributed by atoms with E-state index in [9.17, 15) is 13.6 Å². The number of hydrogen-bond acceptors (Lipinski definition) is 2. The molecule has 0 aliphatic carbocycles. The van der Waals surface area contributed by atoms with Crippen LogP contribution in [0.1, 0.15) is 33.6 Å². The van der Waals surface area contributed by atoms with E-state index in [0.29, 0.717) is 11.0 Å². The van der Waals surface area contributed by atoms with Crippen LogP contribution in [0.3, 0.4) is 0 Å². The Morgan fingerprint density at radius 2 is 2.27 bits per heavy atom. The van der Waals surface area contributed by atoms with E-state index < -0.39 is 23.5 Å². The maximum absolute atomic E-state index is 12.7. The molecule has 15 heavy (non-hydrogen) atoms. The van der Waals surface area contributed by atoms with Crippen LogP contribution in [0.4, 0.5) is 8.78 Å². The molecule has 1 heterocycles. The number of carbonyl (C=O) groups is 1. The minimum absolute atomic E-state index is 0.224. The minimum atomic E-state index is -2.81. The van der Waals surface area contributed by atoms with E-state index in [2.05, 4.69) is 20.9 Å². The zero-order chi connectivity index (χ0) is 11.6. The van der Waals surface area contributed by atoms with Crippen LogP contribution in [0, 0.1) is 6.92 Å². The molecule has 6 heteroatoms. The Balaban J connectivity index is 3.44. The topological polar surface area (TPSA) is 50.2 Å². The number of pyridine rings is 1. The van der Waals surface area contributed by atoms with Crippen LogP contribution < -0.4 is 0 Å². The van der Waals surface area contributed by atoms with Crippen LogP contribution in [0.5, 0.6) is 0 Å². The van der Waals surface area contributed by atoms with Gasteiger partial charge < -0.3 is 5.11 Å². The van der Waals surface area contributed by atoms with Crippen LogP contribution >= 0.6 is 15.9 Å². The third-order valence-electron chi connectivity index (χ3n) is 2.05. The van der Waals surface area contributed by atoms with Gasteiger partial charge in [0, 0.05) is 17.1 Å². The molecule has 3 nitrogen and oxygen atoms in total. The zero-order valence-electron chi connectivity index (χ0n) is 7.80. The first kappa shape index (κ1) is 12.0. The van der Waals surface area contributed by atoms with E-state index in [1.165, 1.54) is 6.92 Å². The van der Waals surface area contributed by atoms with Gasteiger partial charge in [-0.1, -0.05) is 15.9 Å². The molecular weight excluding hydrogens is 272 g/mol. The largest absolute Gasteiger partial charge is 0.478 e. The molecule has 1 N–H and O–H groups in total. The highest BCUT2D eigenvalue weighted by molar-refractivity contribution is 9.08.